The monoisotopic (exact) mass is 478 g/mol. The first-order chi connectivity index (χ1) is 12.4. The summed E-state index contributed by atoms with van der Waals surface area (Å²) in [7, 11) is 0. The Hall–Kier alpha value is -1.63. The summed E-state index contributed by atoms with van der Waals surface area (Å²) < 4.78 is 6.94. The van der Waals surface area contributed by atoms with Crippen LogP contribution in [0, 0.1) is 12.3 Å². The number of aromatic nitrogens is 2. The van der Waals surface area contributed by atoms with Crippen LogP contribution < -0.4 is 8.45 Å². The van der Waals surface area contributed by atoms with Crippen LogP contribution in [-0.2, 0) is 6.61 Å². The van der Waals surface area contributed by atoms with Crippen molar-refractivity contribution in [2.24, 2.45) is 5.41 Å². The third-order valence-corrected chi connectivity index (χ3v) is 9.35. The fourth-order valence-corrected chi connectivity index (χ4v) is 5.19. The van der Waals surface area contributed by atoms with Crippen LogP contribution in [0.15, 0.2) is 24.5 Å². The van der Waals surface area contributed by atoms with Gasteiger partial charge in [0.2, 0.25) is 0 Å². The zero-order valence-corrected chi connectivity index (χ0v) is 20.2. The second-order valence-electron chi connectivity index (χ2n) is 9.18. The molecular formula is C21H30N2O3Sn. The van der Waals surface area contributed by atoms with Gasteiger partial charge in [-0.05, 0) is 5.41 Å². The number of phenols is 1. The van der Waals surface area contributed by atoms with Crippen LogP contribution in [0.2, 0.25) is 14.8 Å². The molecule has 1 aromatic heterocycles. The third kappa shape index (κ3) is 5.92. The second-order valence-corrected chi connectivity index (χ2v) is 23.5. The minimum absolute atomic E-state index is 0.00927. The molecule has 0 aliphatic rings. The molecule has 0 amide bonds. The van der Waals surface area contributed by atoms with E-state index in [1.54, 1.807) is 25.3 Å². The fraction of sp³-hybridized carbons (Fsp3) is 0.476. The number of benzene rings is 1. The van der Waals surface area contributed by atoms with E-state index in [9.17, 15) is 9.90 Å². The maximum atomic E-state index is 12.4. The molecule has 0 unspecified atom stereocenters. The van der Waals surface area contributed by atoms with Crippen molar-refractivity contribution in [1.29, 1.82) is 0 Å². The first kappa shape index (κ1) is 21.7. The standard InChI is InChI=1S/C18H21N2O3.3CH3.Sn/c1-12-16(23-11-13-10-19-7-8-20-13)6-5-14(17(12)22)15(21)9-18(2,3)4;;;;/h5-6,8,10,22H,9,11H2,1-4H3;3*1H3;. The number of ether oxygens (including phenoxy) is 1. The molecule has 0 saturated carbocycles. The van der Waals surface area contributed by atoms with Crippen molar-refractivity contribution in [3.8, 4) is 11.5 Å². The third-order valence-electron chi connectivity index (χ3n) is 4.22. The van der Waals surface area contributed by atoms with E-state index < -0.39 is 18.4 Å². The number of hydrogen-bond acceptors (Lipinski definition) is 5. The van der Waals surface area contributed by atoms with Gasteiger partial charge in [0, 0.05) is 0 Å². The van der Waals surface area contributed by atoms with Crippen LogP contribution in [0.1, 0.15) is 48.8 Å². The van der Waals surface area contributed by atoms with Crippen molar-refractivity contribution < 1.29 is 14.6 Å². The minimum atomic E-state index is -2.20. The fourth-order valence-electron chi connectivity index (χ4n) is 2.61. The van der Waals surface area contributed by atoms with E-state index in [0.717, 1.165) is 9.40 Å². The molecule has 0 atom stereocenters. The molecule has 27 heavy (non-hydrogen) atoms. The molecule has 0 saturated heterocycles. The summed E-state index contributed by atoms with van der Waals surface area (Å²) in [5.74, 6) is 0.468. The van der Waals surface area contributed by atoms with Gasteiger partial charge < -0.3 is 0 Å². The average Bonchev–Trinajstić information content (AvgIpc) is 2.54. The van der Waals surface area contributed by atoms with Gasteiger partial charge in [-0.3, -0.25) is 0 Å². The summed E-state index contributed by atoms with van der Waals surface area (Å²) in [6.45, 7) is 8.02. The van der Waals surface area contributed by atoms with Crippen molar-refractivity contribution in [2.75, 3.05) is 0 Å². The molecule has 2 aromatic rings. The van der Waals surface area contributed by atoms with Gasteiger partial charge in [0.15, 0.2) is 0 Å². The van der Waals surface area contributed by atoms with Crippen molar-refractivity contribution in [1.82, 2.24) is 9.97 Å². The Morgan fingerprint density at radius 2 is 1.81 bits per heavy atom. The van der Waals surface area contributed by atoms with Crippen molar-refractivity contribution in [3.05, 3.63) is 41.3 Å². The van der Waals surface area contributed by atoms with E-state index in [1.807, 2.05) is 27.0 Å². The molecule has 6 heteroatoms. The summed E-state index contributed by atoms with van der Waals surface area (Å²) in [6.07, 6.45) is 3.99. The number of carbonyl (C=O) groups is 1. The molecular weight excluding hydrogens is 447 g/mol. The SMILES string of the molecule is Cc1c(OCc2cn[c]([Sn]([CH3])([CH3])[CH3])cn2)ccc(C(=O)CC(C)(C)C)c1O. The molecule has 0 fully saturated rings. The Balaban J connectivity index is 2.12. The molecule has 0 spiro atoms. The number of Topliss-reactive ketones (excluding diaryl/α,β-unsaturated/α-hetero) is 1. The molecule has 1 heterocycles. The van der Waals surface area contributed by atoms with Gasteiger partial charge in [-0.2, -0.15) is 0 Å². The van der Waals surface area contributed by atoms with E-state index in [4.69, 9.17) is 4.74 Å². The van der Waals surface area contributed by atoms with Gasteiger partial charge in [-0.15, -0.1) is 0 Å². The Morgan fingerprint density at radius 3 is 2.33 bits per heavy atom. The second kappa shape index (κ2) is 8.17. The zero-order chi connectivity index (χ0) is 20.4. The van der Waals surface area contributed by atoms with Gasteiger partial charge in [0.1, 0.15) is 0 Å². The average molecular weight is 477 g/mol. The van der Waals surface area contributed by atoms with Gasteiger partial charge >= 0.3 is 140 Å². The molecule has 2 rings (SSSR count). The van der Waals surface area contributed by atoms with E-state index >= 15 is 0 Å². The molecule has 0 aliphatic carbocycles. The Kier molecular flexibility index (Phi) is 6.55. The van der Waals surface area contributed by atoms with Gasteiger partial charge in [-0.1, -0.05) is 20.8 Å². The quantitative estimate of drug-likeness (QED) is 0.498. The van der Waals surface area contributed by atoms with Crippen LogP contribution in [-0.4, -0.2) is 39.2 Å². The Labute approximate surface area is 166 Å². The van der Waals surface area contributed by atoms with E-state index in [0.29, 0.717) is 23.3 Å². The summed E-state index contributed by atoms with van der Waals surface area (Å²) in [5, 5.41) is 10.4. The van der Waals surface area contributed by atoms with Gasteiger partial charge in [0.25, 0.3) is 0 Å². The number of carbonyl (C=O) groups excluding carboxylic acids is 1. The first-order valence-corrected chi connectivity index (χ1v) is 19.2. The zero-order valence-electron chi connectivity index (χ0n) is 17.4. The number of phenolic OH excluding ortho intramolecular Hbond substituents is 1. The summed E-state index contributed by atoms with van der Waals surface area (Å²) in [6, 6.07) is 3.37. The molecule has 146 valence electrons. The number of hydrogen-bond donors (Lipinski definition) is 1. The van der Waals surface area contributed by atoms with Crippen molar-refractivity contribution >= 4 is 27.9 Å². The predicted octanol–water partition coefficient (Wildman–Crippen LogP) is 4.23. The van der Waals surface area contributed by atoms with Crippen LogP contribution in [0.5, 0.6) is 11.5 Å². The number of nitrogens with zero attached hydrogens (tertiary/aromatic N) is 2. The number of rotatable bonds is 6. The molecule has 5 nitrogen and oxygen atoms in total. The first-order valence-electron chi connectivity index (χ1n) is 9.18. The van der Waals surface area contributed by atoms with Crippen LogP contribution in [0.4, 0.5) is 0 Å². The van der Waals surface area contributed by atoms with Crippen LogP contribution >= 0.6 is 0 Å². The topological polar surface area (TPSA) is 72.3 Å². The Morgan fingerprint density at radius 1 is 1.15 bits per heavy atom. The molecule has 0 radical (unpaired) electrons. The Bertz CT molecular complexity index is 819. The molecule has 1 N–H and O–H groups in total. The molecule has 0 aliphatic heterocycles. The number of aromatic hydroxyl groups is 1. The molecule has 1 aromatic carbocycles. The summed E-state index contributed by atoms with van der Waals surface area (Å²) in [4.78, 5) is 28.3. The van der Waals surface area contributed by atoms with E-state index in [-0.39, 0.29) is 23.6 Å². The van der Waals surface area contributed by atoms with E-state index in [2.05, 4.69) is 24.8 Å². The normalized spacial score (nSPS) is 12.1. The van der Waals surface area contributed by atoms with Crippen LogP contribution in [0.3, 0.4) is 0 Å². The van der Waals surface area contributed by atoms with Gasteiger partial charge in [0.05, 0.1) is 0 Å². The van der Waals surface area contributed by atoms with Gasteiger partial charge in [-0.25, -0.2) is 0 Å². The number of ketones is 1. The predicted molar refractivity (Wildman–Crippen MR) is 111 cm³/mol. The maximum absolute atomic E-state index is 12.4. The summed E-state index contributed by atoms with van der Waals surface area (Å²) in [5.41, 5.74) is 1.51. The van der Waals surface area contributed by atoms with Crippen molar-refractivity contribution in [2.45, 2.75) is 55.5 Å². The molecule has 0 bridgehead atoms. The summed E-state index contributed by atoms with van der Waals surface area (Å²) >= 11 is -2.20. The van der Waals surface area contributed by atoms with Crippen molar-refractivity contribution in [3.63, 3.8) is 0 Å². The van der Waals surface area contributed by atoms with Crippen LogP contribution in [0.25, 0.3) is 0 Å². The van der Waals surface area contributed by atoms with E-state index in [1.165, 1.54) is 0 Å².